The average Bonchev–Trinajstić information content (AvgIpc) is 3.24. The predicted octanol–water partition coefficient (Wildman–Crippen LogP) is 4.18. The smallest absolute Gasteiger partial charge is 0.339 e. The molecule has 3 aromatic rings. The van der Waals surface area contributed by atoms with Crippen molar-refractivity contribution in [2.24, 2.45) is 5.92 Å². The highest BCUT2D eigenvalue weighted by Crippen LogP contribution is 2.55. The van der Waals surface area contributed by atoms with Crippen molar-refractivity contribution in [1.29, 1.82) is 0 Å². The molecule has 154 valence electrons. The zero-order chi connectivity index (χ0) is 21.0. The Morgan fingerprint density at radius 2 is 2.10 bits per heavy atom. The first-order valence-corrected chi connectivity index (χ1v) is 9.90. The summed E-state index contributed by atoms with van der Waals surface area (Å²) in [5.74, 6) is 0.0270. The van der Waals surface area contributed by atoms with Crippen LogP contribution in [0, 0.1) is 5.92 Å². The van der Waals surface area contributed by atoms with Gasteiger partial charge in [-0.1, -0.05) is 38.1 Å². The van der Waals surface area contributed by atoms with Crippen molar-refractivity contribution in [1.82, 2.24) is 10.2 Å². The summed E-state index contributed by atoms with van der Waals surface area (Å²) in [4.78, 5) is 17.5. The van der Waals surface area contributed by atoms with Crippen molar-refractivity contribution in [3.05, 3.63) is 65.4 Å². The lowest BCUT2D eigenvalue weighted by atomic mass is 9.65. The molecular weight excluding hydrogens is 382 g/mol. The maximum atomic E-state index is 11.6. The van der Waals surface area contributed by atoms with E-state index in [1.807, 2.05) is 41.5 Å². The van der Waals surface area contributed by atoms with E-state index in [2.05, 4.69) is 30.1 Å². The predicted molar refractivity (Wildman–Crippen MR) is 112 cm³/mol. The van der Waals surface area contributed by atoms with Crippen LogP contribution in [0.25, 0.3) is 11.3 Å². The van der Waals surface area contributed by atoms with Crippen LogP contribution in [0.4, 0.5) is 5.69 Å². The Kier molecular flexibility index (Phi) is 4.11. The topological polar surface area (TPSA) is 87.7 Å². The highest BCUT2D eigenvalue weighted by atomic mass is 16.7. The third kappa shape index (κ3) is 2.55. The van der Waals surface area contributed by atoms with Gasteiger partial charge in [-0.2, -0.15) is 5.10 Å². The van der Waals surface area contributed by atoms with Gasteiger partial charge < -0.3 is 9.84 Å². The van der Waals surface area contributed by atoms with E-state index in [4.69, 9.17) is 9.57 Å². The van der Waals surface area contributed by atoms with Gasteiger partial charge in [0.05, 0.1) is 25.4 Å². The van der Waals surface area contributed by atoms with Crippen molar-refractivity contribution in [2.45, 2.75) is 25.3 Å². The summed E-state index contributed by atoms with van der Waals surface area (Å²) in [7, 11) is 1.68. The largest absolute Gasteiger partial charge is 0.493 e. The van der Waals surface area contributed by atoms with Crippen molar-refractivity contribution < 1.29 is 19.5 Å². The summed E-state index contributed by atoms with van der Waals surface area (Å²) in [5.41, 5.74) is 4.25. The lowest BCUT2D eigenvalue weighted by molar-refractivity contribution is 0.0442. The SMILES string of the molecule is CON1c2ccc(-c3n[nH]cc3C(=O)O)cc2C(C)(C)[C@H]2COc3ccccc3[C@H]21. The van der Waals surface area contributed by atoms with Gasteiger partial charge in [0.1, 0.15) is 17.0 Å². The Bertz CT molecular complexity index is 1140. The molecule has 5 rings (SSSR count). The van der Waals surface area contributed by atoms with Crippen LogP contribution in [0.2, 0.25) is 0 Å². The number of carboxylic acids is 1. The number of hydrogen-bond donors (Lipinski definition) is 2. The fourth-order valence-corrected chi connectivity index (χ4v) is 4.86. The number of hydrogen-bond acceptors (Lipinski definition) is 5. The summed E-state index contributed by atoms with van der Waals surface area (Å²) in [5, 5.41) is 18.3. The number of ether oxygens (including phenoxy) is 1. The maximum absolute atomic E-state index is 11.6. The first-order chi connectivity index (χ1) is 14.4. The average molecular weight is 405 g/mol. The number of benzene rings is 2. The van der Waals surface area contributed by atoms with Gasteiger partial charge in [0.2, 0.25) is 0 Å². The fourth-order valence-electron chi connectivity index (χ4n) is 4.86. The summed E-state index contributed by atoms with van der Waals surface area (Å²) < 4.78 is 6.11. The van der Waals surface area contributed by atoms with Crippen LogP contribution < -0.4 is 9.80 Å². The second-order valence-corrected chi connectivity index (χ2v) is 8.31. The zero-order valence-electron chi connectivity index (χ0n) is 17.0. The van der Waals surface area contributed by atoms with E-state index in [1.54, 1.807) is 7.11 Å². The molecule has 2 aliphatic heterocycles. The molecule has 0 fully saturated rings. The Balaban J connectivity index is 1.68. The van der Waals surface area contributed by atoms with Gasteiger partial charge in [-0.05, 0) is 23.8 Å². The van der Waals surface area contributed by atoms with E-state index in [0.717, 1.165) is 28.1 Å². The molecule has 0 amide bonds. The highest BCUT2D eigenvalue weighted by molar-refractivity contribution is 5.94. The number of anilines is 1. The summed E-state index contributed by atoms with van der Waals surface area (Å²) in [6.45, 7) is 4.99. The molecule has 0 spiro atoms. The summed E-state index contributed by atoms with van der Waals surface area (Å²) >= 11 is 0. The molecule has 2 atom stereocenters. The van der Waals surface area contributed by atoms with Gasteiger partial charge in [-0.3, -0.25) is 9.94 Å². The Morgan fingerprint density at radius 3 is 2.87 bits per heavy atom. The van der Waals surface area contributed by atoms with E-state index >= 15 is 0 Å². The minimum Gasteiger partial charge on any atom is -0.493 e. The molecule has 7 nitrogen and oxygen atoms in total. The maximum Gasteiger partial charge on any atom is 0.339 e. The molecule has 2 aliphatic rings. The third-order valence-corrected chi connectivity index (χ3v) is 6.49. The minimum absolute atomic E-state index is 0.0215. The van der Waals surface area contributed by atoms with Gasteiger partial charge in [0, 0.05) is 28.7 Å². The summed E-state index contributed by atoms with van der Waals surface area (Å²) in [6, 6.07) is 14.0. The number of carboxylic acid groups (broad SMARTS) is 1. The lowest BCUT2D eigenvalue weighted by Gasteiger charge is -2.52. The second kappa shape index (κ2) is 6.60. The number of aromatic carboxylic acids is 1. The van der Waals surface area contributed by atoms with Crippen molar-refractivity contribution >= 4 is 11.7 Å². The summed E-state index contributed by atoms with van der Waals surface area (Å²) in [6.07, 6.45) is 1.41. The Morgan fingerprint density at radius 1 is 1.30 bits per heavy atom. The number of nitrogens with one attached hydrogen (secondary N) is 1. The van der Waals surface area contributed by atoms with Gasteiger partial charge in [0.15, 0.2) is 0 Å². The molecule has 3 heterocycles. The fraction of sp³-hybridized carbons (Fsp3) is 0.304. The van der Waals surface area contributed by atoms with Gasteiger partial charge in [-0.15, -0.1) is 0 Å². The molecular formula is C23H23N3O4. The zero-order valence-corrected chi connectivity index (χ0v) is 17.0. The molecule has 0 radical (unpaired) electrons. The Hall–Kier alpha value is -3.32. The number of nitrogens with zero attached hydrogens (tertiary/aromatic N) is 2. The molecule has 0 saturated carbocycles. The van der Waals surface area contributed by atoms with Crippen LogP contribution >= 0.6 is 0 Å². The molecule has 1 aromatic heterocycles. The normalized spacial score (nSPS) is 21.2. The third-order valence-electron chi connectivity index (χ3n) is 6.49. The first kappa shape index (κ1) is 18.7. The van der Waals surface area contributed by atoms with Gasteiger partial charge >= 0.3 is 5.97 Å². The number of rotatable bonds is 3. The number of H-pyrrole nitrogens is 1. The van der Waals surface area contributed by atoms with Crippen LogP contribution in [0.1, 0.15) is 41.4 Å². The number of carbonyl (C=O) groups is 1. The molecule has 0 aliphatic carbocycles. The number of para-hydroxylation sites is 1. The molecule has 30 heavy (non-hydrogen) atoms. The molecule has 0 bridgehead atoms. The van der Waals surface area contributed by atoms with E-state index in [9.17, 15) is 9.90 Å². The molecule has 7 heteroatoms. The van der Waals surface area contributed by atoms with E-state index < -0.39 is 5.97 Å². The number of fused-ring (bicyclic) bond motifs is 4. The van der Waals surface area contributed by atoms with Crippen LogP contribution in [0.15, 0.2) is 48.7 Å². The standard InChI is InChI=1S/C23H23N3O4/c1-23(2)16-10-13(20-15(22(27)28)11-24-25-20)8-9-18(16)26(29-3)21-14-6-4-5-7-19(14)30-12-17(21)23/h4-11,17,21H,12H2,1-3H3,(H,24,25)(H,27,28)/t17-,21+/m0/s1. The van der Waals surface area contributed by atoms with Gasteiger partial charge in [-0.25, -0.2) is 9.86 Å². The van der Waals surface area contributed by atoms with Gasteiger partial charge in [0.25, 0.3) is 0 Å². The van der Waals surface area contributed by atoms with E-state index in [0.29, 0.717) is 12.3 Å². The van der Waals surface area contributed by atoms with E-state index in [1.165, 1.54) is 6.20 Å². The molecule has 2 N–H and O–H groups in total. The van der Waals surface area contributed by atoms with Crippen LogP contribution in [0.5, 0.6) is 5.75 Å². The van der Waals surface area contributed by atoms with E-state index in [-0.39, 0.29) is 22.9 Å². The minimum atomic E-state index is -1.01. The van der Waals surface area contributed by atoms with Crippen molar-refractivity contribution in [2.75, 3.05) is 18.8 Å². The lowest BCUT2D eigenvalue weighted by Crippen LogP contribution is -2.51. The van der Waals surface area contributed by atoms with Crippen LogP contribution in [0.3, 0.4) is 0 Å². The monoisotopic (exact) mass is 405 g/mol. The quantitative estimate of drug-likeness (QED) is 0.680. The molecule has 2 aromatic carbocycles. The van der Waals surface area contributed by atoms with Crippen molar-refractivity contribution in [3.8, 4) is 17.0 Å². The number of hydroxylamine groups is 1. The first-order valence-electron chi connectivity index (χ1n) is 9.90. The van der Waals surface area contributed by atoms with Crippen molar-refractivity contribution in [3.63, 3.8) is 0 Å². The Labute approximate surface area is 174 Å². The highest BCUT2D eigenvalue weighted by Gasteiger charge is 2.50. The molecule has 0 saturated heterocycles. The second-order valence-electron chi connectivity index (χ2n) is 8.31. The van der Waals surface area contributed by atoms with Crippen LogP contribution in [-0.2, 0) is 10.3 Å². The number of aromatic amines is 1. The van der Waals surface area contributed by atoms with Crippen LogP contribution in [-0.4, -0.2) is 35.0 Å². The molecule has 0 unspecified atom stereocenters. The number of aromatic nitrogens is 2.